The number of methoxy groups -OCH3 is 1. The van der Waals surface area contributed by atoms with Crippen LogP contribution in [0.15, 0.2) is 30.5 Å². The molecule has 0 unspecified atom stereocenters. The van der Waals surface area contributed by atoms with Gasteiger partial charge in [-0.05, 0) is 19.1 Å². The van der Waals surface area contributed by atoms with Crippen molar-refractivity contribution in [1.29, 1.82) is 0 Å². The van der Waals surface area contributed by atoms with Crippen LogP contribution in [-0.2, 0) is 11.3 Å². The Labute approximate surface area is 118 Å². The van der Waals surface area contributed by atoms with Crippen molar-refractivity contribution in [3.63, 3.8) is 0 Å². The van der Waals surface area contributed by atoms with Crippen LogP contribution in [0.3, 0.4) is 0 Å². The first-order valence-corrected chi connectivity index (χ1v) is 6.67. The summed E-state index contributed by atoms with van der Waals surface area (Å²) in [6, 6.07) is 7.79. The number of nitrogens with zero attached hydrogens (tertiary/aromatic N) is 3. The highest BCUT2D eigenvalue weighted by Gasteiger charge is 2.03. The summed E-state index contributed by atoms with van der Waals surface area (Å²) in [5, 5.41) is 11.5. The molecule has 0 fully saturated rings. The molecule has 0 aliphatic rings. The molecule has 0 spiro atoms. The van der Waals surface area contributed by atoms with Gasteiger partial charge in [0.2, 0.25) is 0 Å². The van der Waals surface area contributed by atoms with E-state index in [1.807, 2.05) is 37.4 Å². The fourth-order valence-corrected chi connectivity index (χ4v) is 1.78. The van der Waals surface area contributed by atoms with Crippen molar-refractivity contribution >= 4 is 0 Å². The topological polar surface area (TPSA) is 61.2 Å². The Morgan fingerprint density at radius 2 is 2.25 bits per heavy atom. The van der Waals surface area contributed by atoms with Gasteiger partial charge in [0.1, 0.15) is 5.75 Å². The number of nitrogens with one attached hydrogen (secondary N) is 1. The summed E-state index contributed by atoms with van der Waals surface area (Å²) >= 11 is 0. The number of hydrogen-bond acceptors (Lipinski definition) is 5. The van der Waals surface area contributed by atoms with Gasteiger partial charge in [0.25, 0.3) is 0 Å². The minimum absolute atomic E-state index is 0.648. The van der Waals surface area contributed by atoms with Gasteiger partial charge in [-0.25, -0.2) is 4.68 Å². The largest absolute Gasteiger partial charge is 0.494 e. The maximum atomic E-state index is 5.48. The lowest BCUT2D eigenvalue weighted by Gasteiger charge is -2.05. The smallest absolute Gasteiger partial charge is 0.121 e. The van der Waals surface area contributed by atoms with E-state index in [0.717, 1.165) is 23.7 Å². The SMILES string of the molecule is CCOc1cccc(-n2cc(CNCCOC)nn2)c1. The van der Waals surface area contributed by atoms with Crippen LogP contribution in [0, 0.1) is 0 Å². The molecule has 1 aromatic carbocycles. The molecule has 2 rings (SSSR count). The first kappa shape index (κ1) is 14.5. The molecule has 0 atom stereocenters. The third-order valence-corrected chi connectivity index (χ3v) is 2.72. The Hall–Kier alpha value is -1.92. The van der Waals surface area contributed by atoms with Gasteiger partial charge in [0, 0.05) is 26.3 Å². The number of ether oxygens (including phenoxy) is 2. The average molecular weight is 276 g/mol. The van der Waals surface area contributed by atoms with Crippen LogP contribution in [0.1, 0.15) is 12.6 Å². The monoisotopic (exact) mass is 276 g/mol. The van der Waals surface area contributed by atoms with Gasteiger partial charge in [-0.15, -0.1) is 5.10 Å². The molecule has 6 heteroatoms. The number of aromatic nitrogens is 3. The molecule has 6 nitrogen and oxygen atoms in total. The molecule has 1 aromatic heterocycles. The summed E-state index contributed by atoms with van der Waals surface area (Å²) in [5.74, 6) is 0.834. The molecule has 0 saturated carbocycles. The highest BCUT2D eigenvalue weighted by molar-refractivity contribution is 5.38. The molecule has 1 heterocycles. The highest BCUT2D eigenvalue weighted by Crippen LogP contribution is 2.16. The van der Waals surface area contributed by atoms with Gasteiger partial charge in [0.15, 0.2) is 0 Å². The predicted molar refractivity (Wildman–Crippen MR) is 76.1 cm³/mol. The van der Waals surface area contributed by atoms with Gasteiger partial charge in [0.05, 0.1) is 30.8 Å². The summed E-state index contributed by atoms with van der Waals surface area (Å²) in [6.45, 7) is 4.77. The molecule has 0 saturated heterocycles. The Morgan fingerprint density at radius 1 is 1.35 bits per heavy atom. The highest BCUT2D eigenvalue weighted by atomic mass is 16.5. The number of rotatable bonds is 8. The van der Waals surface area contributed by atoms with E-state index in [0.29, 0.717) is 19.8 Å². The van der Waals surface area contributed by atoms with Crippen molar-refractivity contribution in [1.82, 2.24) is 20.3 Å². The van der Waals surface area contributed by atoms with Crippen LogP contribution in [0.2, 0.25) is 0 Å². The van der Waals surface area contributed by atoms with Crippen LogP contribution in [-0.4, -0.2) is 41.9 Å². The Bertz CT molecular complexity index is 527. The Balaban J connectivity index is 1.99. The minimum atomic E-state index is 0.648. The van der Waals surface area contributed by atoms with E-state index in [1.165, 1.54) is 0 Å². The molecular formula is C14H20N4O2. The summed E-state index contributed by atoms with van der Waals surface area (Å²) in [6.07, 6.45) is 1.91. The van der Waals surface area contributed by atoms with Crippen LogP contribution < -0.4 is 10.1 Å². The zero-order valence-corrected chi connectivity index (χ0v) is 11.9. The first-order chi connectivity index (χ1) is 9.83. The maximum Gasteiger partial charge on any atom is 0.121 e. The second-order valence-electron chi connectivity index (χ2n) is 4.25. The summed E-state index contributed by atoms with van der Waals surface area (Å²) in [5.41, 5.74) is 1.83. The quantitative estimate of drug-likeness (QED) is 0.739. The standard InChI is InChI=1S/C14H20N4O2/c1-3-20-14-6-4-5-13(9-14)18-11-12(16-17-18)10-15-7-8-19-2/h4-6,9,11,15H,3,7-8,10H2,1-2H3. The molecule has 20 heavy (non-hydrogen) atoms. The predicted octanol–water partition coefficient (Wildman–Crippen LogP) is 1.40. The molecule has 108 valence electrons. The van der Waals surface area contributed by atoms with E-state index < -0.39 is 0 Å². The lowest BCUT2D eigenvalue weighted by Crippen LogP contribution is -2.18. The van der Waals surface area contributed by atoms with Crippen LogP contribution in [0.4, 0.5) is 0 Å². The Kier molecular flexibility index (Phi) is 5.52. The van der Waals surface area contributed by atoms with Crippen LogP contribution >= 0.6 is 0 Å². The average Bonchev–Trinajstić information content (AvgIpc) is 2.93. The normalized spacial score (nSPS) is 10.7. The summed E-state index contributed by atoms with van der Waals surface area (Å²) in [4.78, 5) is 0. The second-order valence-corrected chi connectivity index (χ2v) is 4.25. The van der Waals surface area contributed by atoms with Gasteiger partial charge in [-0.3, -0.25) is 0 Å². The lowest BCUT2D eigenvalue weighted by atomic mass is 10.3. The van der Waals surface area contributed by atoms with E-state index in [2.05, 4.69) is 15.6 Å². The van der Waals surface area contributed by atoms with Gasteiger partial charge in [-0.1, -0.05) is 11.3 Å². The minimum Gasteiger partial charge on any atom is -0.494 e. The van der Waals surface area contributed by atoms with Crippen molar-refractivity contribution in [3.8, 4) is 11.4 Å². The molecule has 0 radical (unpaired) electrons. The van der Waals surface area contributed by atoms with Gasteiger partial charge < -0.3 is 14.8 Å². The van der Waals surface area contributed by atoms with E-state index in [-0.39, 0.29) is 0 Å². The zero-order chi connectivity index (χ0) is 14.2. The van der Waals surface area contributed by atoms with Crippen molar-refractivity contribution in [2.24, 2.45) is 0 Å². The fourth-order valence-electron chi connectivity index (χ4n) is 1.78. The molecule has 0 amide bonds. The van der Waals surface area contributed by atoms with Gasteiger partial charge >= 0.3 is 0 Å². The van der Waals surface area contributed by atoms with E-state index in [9.17, 15) is 0 Å². The zero-order valence-electron chi connectivity index (χ0n) is 11.9. The van der Waals surface area contributed by atoms with E-state index >= 15 is 0 Å². The third-order valence-electron chi connectivity index (χ3n) is 2.72. The van der Waals surface area contributed by atoms with Gasteiger partial charge in [-0.2, -0.15) is 0 Å². The second kappa shape index (κ2) is 7.62. The lowest BCUT2D eigenvalue weighted by molar-refractivity contribution is 0.199. The number of hydrogen-bond donors (Lipinski definition) is 1. The molecule has 0 bridgehead atoms. The van der Waals surface area contributed by atoms with E-state index in [4.69, 9.17) is 9.47 Å². The third kappa shape index (κ3) is 4.04. The van der Waals surface area contributed by atoms with Crippen molar-refractivity contribution in [2.45, 2.75) is 13.5 Å². The number of benzene rings is 1. The van der Waals surface area contributed by atoms with Crippen molar-refractivity contribution in [2.75, 3.05) is 26.9 Å². The van der Waals surface area contributed by atoms with E-state index in [1.54, 1.807) is 11.8 Å². The molecule has 2 aromatic rings. The molecular weight excluding hydrogens is 256 g/mol. The summed E-state index contributed by atoms with van der Waals surface area (Å²) < 4.78 is 12.2. The Morgan fingerprint density at radius 3 is 3.05 bits per heavy atom. The van der Waals surface area contributed by atoms with Crippen molar-refractivity contribution < 1.29 is 9.47 Å². The van der Waals surface area contributed by atoms with Crippen molar-refractivity contribution in [3.05, 3.63) is 36.2 Å². The molecule has 0 aliphatic carbocycles. The maximum absolute atomic E-state index is 5.48. The molecule has 0 aliphatic heterocycles. The molecule has 1 N–H and O–H groups in total. The van der Waals surface area contributed by atoms with Crippen LogP contribution in [0.5, 0.6) is 5.75 Å². The fraction of sp³-hybridized carbons (Fsp3) is 0.429. The van der Waals surface area contributed by atoms with Crippen LogP contribution in [0.25, 0.3) is 5.69 Å². The first-order valence-electron chi connectivity index (χ1n) is 6.67. The summed E-state index contributed by atoms with van der Waals surface area (Å²) in [7, 11) is 1.68.